The Balaban J connectivity index is 1.77. The lowest BCUT2D eigenvalue weighted by Crippen LogP contribution is -2.64. The highest BCUT2D eigenvalue weighted by Crippen LogP contribution is 2.28. The fraction of sp³-hybridized carbons (Fsp3) is 0.529. The number of rotatable bonds is 1. The molecule has 2 aromatic heterocycles. The second-order valence-corrected chi connectivity index (χ2v) is 6.65. The number of hydrogen-bond acceptors (Lipinski definition) is 5. The molecule has 4 heterocycles. The van der Waals surface area contributed by atoms with Crippen molar-refractivity contribution in [2.45, 2.75) is 19.0 Å². The standard InChI is InChI=1S/C17H23N5O/c1-12-10-21(11-13-9-18-6-7-22(12)13)15-8-16(23)20(2)17-14(15)4-3-5-19-17/h3-5,8,12-13,18H,6-7,9-11H2,1-2H3/t12-,13?/m0/s1. The second kappa shape index (κ2) is 5.62. The molecular weight excluding hydrogens is 290 g/mol. The summed E-state index contributed by atoms with van der Waals surface area (Å²) < 4.78 is 1.63. The zero-order chi connectivity index (χ0) is 16.0. The van der Waals surface area contributed by atoms with Crippen LogP contribution in [0.25, 0.3) is 11.0 Å². The summed E-state index contributed by atoms with van der Waals surface area (Å²) in [6.07, 6.45) is 1.75. The van der Waals surface area contributed by atoms with E-state index in [1.807, 2.05) is 6.07 Å². The highest BCUT2D eigenvalue weighted by Gasteiger charge is 2.34. The van der Waals surface area contributed by atoms with Gasteiger partial charge >= 0.3 is 0 Å². The van der Waals surface area contributed by atoms with E-state index < -0.39 is 0 Å². The number of aryl methyl sites for hydroxylation is 1. The van der Waals surface area contributed by atoms with E-state index in [-0.39, 0.29) is 5.56 Å². The third kappa shape index (κ3) is 2.42. The van der Waals surface area contributed by atoms with E-state index in [2.05, 4.69) is 33.1 Å². The van der Waals surface area contributed by atoms with Crippen molar-refractivity contribution in [2.24, 2.45) is 7.05 Å². The average molecular weight is 313 g/mol. The zero-order valence-electron chi connectivity index (χ0n) is 13.7. The van der Waals surface area contributed by atoms with Gasteiger partial charge in [-0.15, -0.1) is 0 Å². The van der Waals surface area contributed by atoms with Gasteiger partial charge in [0.15, 0.2) is 0 Å². The van der Waals surface area contributed by atoms with Crippen molar-refractivity contribution in [1.82, 2.24) is 19.8 Å². The van der Waals surface area contributed by atoms with Gasteiger partial charge in [-0.3, -0.25) is 14.3 Å². The average Bonchev–Trinajstić information content (AvgIpc) is 2.58. The van der Waals surface area contributed by atoms with Crippen molar-refractivity contribution in [1.29, 1.82) is 0 Å². The van der Waals surface area contributed by atoms with Gasteiger partial charge in [-0.1, -0.05) is 0 Å². The summed E-state index contributed by atoms with van der Waals surface area (Å²) in [6.45, 7) is 7.38. The van der Waals surface area contributed by atoms with Crippen molar-refractivity contribution in [3.63, 3.8) is 0 Å². The molecule has 0 bridgehead atoms. The molecule has 4 rings (SSSR count). The van der Waals surface area contributed by atoms with Crippen LogP contribution >= 0.6 is 0 Å². The van der Waals surface area contributed by atoms with Gasteiger partial charge in [0.1, 0.15) is 5.65 Å². The number of hydrogen-bond donors (Lipinski definition) is 1. The SMILES string of the molecule is C[C@H]1CN(c2cc(=O)n(C)c3ncccc23)CC2CNCCN21. The van der Waals surface area contributed by atoms with E-state index in [1.165, 1.54) is 0 Å². The maximum Gasteiger partial charge on any atom is 0.253 e. The van der Waals surface area contributed by atoms with E-state index in [4.69, 9.17) is 0 Å². The third-order valence-electron chi connectivity index (χ3n) is 5.19. The molecule has 0 amide bonds. The monoisotopic (exact) mass is 313 g/mol. The normalized spacial score (nSPS) is 25.6. The summed E-state index contributed by atoms with van der Waals surface area (Å²) >= 11 is 0. The van der Waals surface area contributed by atoms with Gasteiger partial charge in [0.05, 0.1) is 5.69 Å². The first kappa shape index (κ1) is 14.7. The largest absolute Gasteiger partial charge is 0.368 e. The van der Waals surface area contributed by atoms with Crippen LogP contribution in [0.3, 0.4) is 0 Å². The van der Waals surface area contributed by atoms with Crippen LogP contribution in [-0.4, -0.2) is 59.3 Å². The van der Waals surface area contributed by atoms with Crippen LogP contribution in [0.5, 0.6) is 0 Å². The molecule has 2 atom stereocenters. The molecule has 1 unspecified atom stereocenters. The molecule has 2 aliphatic rings. The fourth-order valence-electron chi connectivity index (χ4n) is 4.00. The van der Waals surface area contributed by atoms with Gasteiger partial charge in [-0.05, 0) is 19.1 Å². The van der Waals surface area contributed by atoms with Crippen LogP contribution in [0.1, 0.15) is 6.92 Å². The Morgan fingerprint density at radius 3 is 3.09 bits per heavy atom. The number of nitrogens with one attached hydrogen (secondary N) is 1. The number of anilines is 1. The highest BCUT2D eigenvalue weighted by atomic mass is 16.1. The van der Waals surface area contributed by atoms with E-state index in [1.54, 1.807) is 23.9 Å². The fourth-order valence-corrected chi connectivity index (χ4v) is 4.00. The first-order valence-corrected chi connectivity index (χ1v) is 8.31. The molecule has 0 saturated carbocycles. The number of aromatic nitrogens is 2. The van der Waals surface area contributed by atoms with E-state index >= 15 is 0 Å². The van der Waals surface area contributed by atoms with Gasteiger partial charge in [-0.2, -0.15) is 0 Å². The van der Waals surface area contributed by atoms with Crippen LogP contribution in [0.2, 0.25) is 0 Å². The van der Waals surface area contributed by atoms with Crippen molar-refractivity contribution >= 4 is 16.7 Å². The van der Waals surface area contributed by atoms with Crippen LogP contribution in [0, 0.1) is 0 Å². The van der Waals surface area contributed by atoms with E-state index in [9.17, 15) is 4.79 Å². The zero-order valence-corrected chi connectivity index (χ0v) is 13.7. The molecule has 6 heteroatoms. The Hall–Kier alpha value is -1.92. The molecule has 2 aromatic rings. The van der Waals surface area contributed by atoms with Crippen molar-refractivity contribution in [3.8, 4) is 0 Å². The van der Waals surface area contributed by atoms with Crippen molar-refractivity contribution < 1.29 is 0 Å². The first-order chi connectivity index (χ1) is 11.1. The van der Waals surface area contributed by atoms with Crippen molar-refractivity contribution in [2.75, 3.05) is 37.6 Å². The molecule has 2 saturated heterocycles. The number of nitrogens with zero attached hydrogens (tertiary/aromatic N) is 4. The second-order valence-electron chi connectivity index (χ2n) is 6.65. The first-order valence-electron chi connectivity index (χ1n) is 8.31. The molecule has 2 aliphatic heterocycles. The lowest BCUT2D eigenvalue weighted by atomic mass is 10.0. The molecule has 0 aliphatic carbocycles. The maximum absolute atomic E-state index is 12.3. The number of fused-ring (bicyclic) bond motifs is 2. The molecule has 0 radical (unpaired) electrons. The quantitative estimate of drug-likeness (QED) is 0.827. The minimum Gasteiger partial charge on any atom is -0.368 e. The van der Waals surface area contributed by atoms with Crippen LogP contribution in [-0.2, 0) is 7.05 Å². The lowest BCUT2D eigenvalue weighted by Gasteiger charge is -2.49. The van der Waals surface area contributed by atoms with Gasteiger partial charge in [-0.25, -0.2) is 4.98 Å². The Bertz CT molecular complexity index is 786. The van der Waals surface area contributed by atoms with Crippen LogP contribution < -0.4 is 15.8 Å². The molecule has 0 spiro atoms. The Labute approximate surface area is 135 Å². The topological polar surface area (TPSA) is 53.4 Å². The predicted molar refractivity (Wildman–Crippen MR) is 92.0 cm³/mol. The summed E-state index contributed by atoms with van der Waals surface area (Å²) in [6, 6.07) is 6.77. The molecule has 6 nitrogen and oxygen atoms in total. The molecule has 2 fully saturated rings. The van der Waals surface area contributed by atoms with Crippen LogP contribution in [0.4, 0.5) is 5.69 Å². The maximum atomic E-state index is 12.3. The number of piperazine rings is 2. The van der Waals surface area contributed by atoms with E-state index in [0.717, 1.165) is 49.4 Å². The molecular formula is C17H23N5O. The Morgan fingerprint density at radius 1 is 1.35 bits per heavy atom. The molecule has 1 N–H and O–H groups in total. The third-order valence-corrected chi connectivity index (χ3v) is 5.19. The summed E-state index contributed by atoms with van der Waals surface area (Å²) in [5.74, 6) is 0. The predicted octanol–water partition coefficient (Wildman–Crippen LogP) is 0.416. The Morgan fingerprint density at radius 2 is 2.22 bits per heavy atom. The summed E-state index contributed by atoms with van der Waals surface area (Å²) in [4.78, 5) is 21.7. The minimum atomic E-state index is 0.00283. The summed E-state index contributed by atoms with van der Waals surface area (Å²) in [5.41, 5.74) is 1.78. The number of pyridine rings is 2. The minimum absolute atomic E-state index is 0.00283. The smallest absolute Gasteiger partial charge is 0.253 e. The van der Waals surface area contributed by atoms with Crippen molar-refractivity contribution in [3.05, 3.63) is 34.7 Å². The summed E-state index contributed by atoms with van der Waals surface area (Å²) in [5, 5.41) is 4.54. The molecule has 0 aromatic carbocycles. The van der Waals surface area contributed by atoms with Gasteiger partial charge in [0.25, 0.3) is 5.56 Å². The molecule has 122 valence electrons. The lowest BCUT2D eigenvalue weighted by molar-refractivity contribution is 0.0971. The Kier molecular flexibility index (Phi) is 3.58. The van der Waals surface area contributed by atoms with Gasteiger partial charge < -0.3 is 10.2 Å². The summed E-state index contributed by atoms with van der Waals surface area (Å²) in [7, 11) is 1.78. The van der Waals surface area contributed by atoms with Gasteiger partial charge in [0, 0.05) is 69.5 Å². The molecule has 23 heavy (non-hydrogen) atoms. The highest BCUT2D eigenvalue weighted by molar-refractivity contribution is 5.89. The van der Waals surface area contributed by atoms with Crippen LogP contribution in [0.15, 0.2) is 29.2 Å². The van der Waals surface area contributed by atoms with E-state index in [0.29, 0.717) is 12.1 Å². The van der Waals surface area contributed by atoms with Gasteiger partial charge in [0.2, 0.25) is 0 Å².